The molecule has 0 bridgehead atoms. The third-order valence-corrected chi connectivity index (χ3v) is 7.00. The van der Waals surface area contributed by atoms with Gasteiger partial charge in [-0.15, -0.1) is 0 Å². The number of carbonyl (C=O) groups is 1. The first-order valence-corrected chi connectivity index (χ1v) is 11.9. The van der Waals surface area contributed by atoms with E-state index in [0.29, 0.717) is 61.1 Å². The van der Waals surface area contributed by atoms with E-state index >= 15 is 0 Å². The summed E-state index contributed by atoms with van der Waals surface area (Å²) >= 11 is 6.36. The average Bonchev–Trinajstić information content (AvgIpc) is 3.47. The number of imidazole rings is 1. The summed E-state index contributed by atoms with van der Waals surface area (Å²) in [4.78, 5) is 23.3. The van der Waals surface area contributed by atoms with E-state index in [9.17, 15) is 18.0 Å². The highest BCUT2D eigenvalue weighted by molar-refractivity contribution is 6.32. The summed E-state index contributed by atoms with van der Waals surface area (Å²) < 4.78 is 47.1. The Labute approximate surface area is 205 Å². The molecule has 35 heavy (non-hydrogen) atoms. The Morgan fingerprint density at radius 1 is 1.17 bits per heavy atom. The van der Waals surface area contributed by atoms with Crippen LogP contribution in [0.4, 0.5) is 19.1 Å². The molecule has 2 aromatic heterocycles. The molecule has 2 aliphatic rings. The number of benzene rings is 1. The van der Waals surface area contributed by atoms with Gasteiger partial charge in [-0.1, -0.05) is 17.7 Å². The smallest absolute Gasteiger partial charge is 0.379 e. The topological polar surface area (TPSA) is 72.3 Å². The molecule has 0 radical (unpaired) electrons. The number of anilines is 1. The van der Waals surface area contributed by atoms with Crippen LogP contribution in [0.15, 0.2) is 30.3 Å². The molecule has 0 aliphatic carbocycles. The molecule has 0 saturated carbocycles. The summed E-state index contributed by atoms with van der Waals surface area (Å²) in [5.74, 6) is 0.485. The molecular weight excluding hydrogens is 483 g/mol. The molecule has 1 aromatic carbocycles. The lowest BCUT2D eigenvalue weighted by Crippen LogP contribution is -2.44. The summed E-state index contributed by atoms with van der Waals surface area (Å²) in [6.07, 6.45) is -2.53. The molecule has 2 saturated heterocycles. The van der Waals surface area contributed by atoms with Gasteiger partial charge >= 0.3 is 6.18 Å². The van der Waals surface area contributed by atoms with Crippen LogP contribution in [0.1, 0.15) is 30.5 Å². The van der Waals surface area contributed by atoms with E-state index in [1.54, 1.807) is 10.6 Å². The van der Waals surface area contributed by atoms with Crippen LogP contribution in [0.3, 0.4) is 0 Å². The number of pyridine rings is 1. The number of aromatic nitrogens is 3. The van der Waals surface area contributed by atoms with Crippen LogP contribution in [0.2, 0.25) is 5.02 Å². The Morgan fingerprint density at radius 3 is 2.63 bits per heavy atom. The lowest BCUT2D eigenvalue weighted by Gasteiger charge is -2.32. The predicted octanol–water partition coefficient (Wildman–Crippen LogP) is 4.52. The second kappa shape index (κ2) is 9.31. The molecule has 1 amide bonds. The number of hydrogen-bond acceptors (Lipinski definition) is 5. The molecule has 11 heteroatoms. The molecule has 1 atom stereocenters. The van der Waals surface area contributed by atoms with Crippen LogP contribution in [0.25, 0.3) is 16.9 Å². The van der Waals surface area contributed by atoms with Crippen molar-refractivity contribution >= 4 is 34.5 Å². The van der Waals surface area contributed by atoms with Crippen molar-refractivity contribution in [1.29, 1.82) is 0 Å². The van der Waals surface area contributed by atoms with E-state index in [1.165, 1.54) is 12.1 Å². The molecule has 0 unspecified atom stereocenters. The Morgan fingerprint density at radius 2 is 1.94 bits per heavy atom. The number of nitrogens with zero attached hydrogens (tertiary/aromatic N) is 4. The average molecular weight is 508 g/mol. The van der Waals surface area contributed by atoms with Crippen molar-refractivity contribution < 1.29 is 22.7 Å². The van der Waals surface area contributed by atoms with E-state index in [1.807, 2.05) is 17.9 Å². The zero-order valence-corrected chi connectivity index (χ0v) is 19.9. The van der Waals surface area contributed by atoms with Crippen LogP contribution < -0.4 is 10.2 Å². The van der Waals surface area contributed by atoms with Gasteiger partial charge in [-0.25, -0.2) is 9.97 Å². The van der Waals surface area contributed by atoms with Gasteiger partial charge in [0.1, 0.15) is 11.5 Å². The number of nitrogens with one attached hydrogen (secondary N) is 1. The van der Waals surface area contributed by atoms with Crippen LogP contribution in [-0.4, -0.2) is 52.8 Å². The van der Waals surface area contributed by atoms with Crippen LogP contribution in [0, 0.1) is 12.8 Å². The third-order valence-electron chi connectivity index (χ3n) is 6.60. The van der Waals surface area contributed by atoms with Gasteiger partial charge in [0.2, 0.25) is 11.9 Å². The third kappa shape index (κ3) is 4.81. The minimum absolute atomic E-state index is 0.0237. The number of rotatable bonds is 4. The Kier molecular flexibility index (Phi) is 6.35. The Balaban J connectivity index is 1.46. The lowest BCUT2D eigenvalue weighted by molar-refractivity contribution is -0.141. The normalized spacial score (nSPS) is 19.5. The molecule has 186 valence electrons. The first kappa shape index (κ1) is 23.9. The summed E-state index contributed by atoms with van der Waals surface area (Å²) in [5.41, 5.74) is 1.02. The van der Waals surface area contributed by atoms with Gasteiger partial charge in [-0.05, 0) is 56.0 Å². The maximum absolute atomic E-state index is 13.4. The first-order valence-electron chi connectivity index (χ1n) is 11.6. The molecule has 1 N–H and O–H groups in total. The number of carbonyl (C=O) groups excluding carboxylic acids is 1. The van der Waals surface area contributed by atoms with Crippen molar-refractivity contribution in [3.63, 3.8) is 0 Å². The summed E-state index contributed by atoms with van der Waals surface area (Å²) in [6.45, 7) is 4.12. The maximum atomic E-state index is 13.4. The fourth-order valence-electron chi connectivity index (χ4n) is 4.64. The molecule has 4 heterocycles. The van der Waals surface area contributed by atoms with E-state index in [0.717, 1.165) is 18.1 Å². The van der Waals surface area contributed by atoms with Gasteiger partial charge in [-0.3, -0.25) is 9.36 Å². The maximum Gasteiger partial charge on any atom is 0.433 e. The van der Waals surface area contributed by atoms with Crippen molar-refractivity contribution in [3.8, 4) is 5.82 Å². The van der Waals surface area contributed by atoms with Crippen LogP contribution in [-0.2, 0) is 15.7 Å². The van der Waals surface area contributed by atoms with Crippen LogP contribution >= 0.6 is 11.6 Å². The Bertz CT molecular complexity index is 1250. The number of hydrogen-bond donors (Lipinski definition) is 1. The van der Waals surface area contributed by atoms with Crippen molar-refractivity contribution in [2.45, 2.75) is 38.4 Å². The second-order valence-corrected chi connectivity index (χ2v) is 9.45. The standard InChI is InChI=1S/C24H25ClF3N5O2/c1-14-11-18-19(12-17(14)25)33(21-4-2-3-20(31-21)24(26,27)28)23(30-18)32-8-5-15(6-9-32)22(34)29-16-7-10-35-13-16/h2-4,11-12,15-16H,5-10,13H2,1H3,(H,29,34)/t16-/m1/s1. The highest BCUT2D eigenvalue weighted by Crippen LogP contribution is 2.34. The number of halogens is 4. The monoisotopic (exact) mass is 507 g/mol. The number of aryl methyl sites for hydroxylation is 1. The number of amides is 1. The van der Waals surface area contributed by atoms with Crippen molar-refractivity contribution in [2.75, 3.05) is 31.2 Å². The Hall–Kier alpha value is -2.85. The minimum atomic E-state index is -4.57. The van der Waals surface area contributed by atoms with Gasteiger partial charge in [-0.2, -0.15) is 13.2 Å². The summed E-state index contributed by atoms with van der Waals surface area (Å²) in [6, 6.07) is 7.38. The SMILES string of the molecule is Cc1cc2nc(N3CCC(C(=O)N[C@@H]4CCOC4)CC3)n(-c3cccc(C(F)(F)F)n3)c2cc1Cl. The quantitative estimate of drug-likeness (QED) is 0.562. The largest absolute Gasteiger partial charge is 0.433 e. The zero-order valence-electron chi connectivity index (χ0n) is 19.1. The summed E-state index contributed by atoms with van der Waals surface area (Å²) in [5, 5.41) is 3.55. The van der Waals surface area contributed by atoms with Crippen molar-refractivity contribution in [3.05, 3.63) is 46.6 Å². The number of alkyl halides is 3. The van der Waals surface area contributed by atoms with Crippen LogP contribution in [0.5, 0.6) is 0 Å². The zero-order chi connectivity index (χ0) is 24.7. The number of ether oxygens (including phenoxy) is 1. The van der Waals surface area contributed by atoms with Gasteiger partial charge in [0.15, 0.2) is 0 Å². The van der Waals surface area contributed by atoms with E-state index < -0.39 is 11.9 Å². The molecule has 5 rings (SSSR count). The van der Waals surface area contributed by atoms with Crippen molar-refractivity contribution in [1.82, 2.24) is 19.9 Å². The fraction of sp³-hybridized carbons (Fsp3) is 0.458. The molecule has 0 spiro atoms. The minimum Gasteiger partial charge on any atom is -0.379 e. The van der Waals surface area contributed by atoms with E-state index in [2.05, 4.69) is 10.3 Å². The van der Waals surface area contributed by atoms with Gasteiger partial charge in [0.05, 0.1) is 23.7 Å². The van der Waals surface area contributed by atoms with Gasteiger partial charge in [0.25, 0.3) is 0 Å². The highest BCUT2D eigenvalue weighted by Gasteiger charge is 2.34. The first-order chi connectivity index (χ1) is 16.7. The highest BCUT2D eigenvalue weighted by atomic mass is 35.5. The van der Waals surface area contributed by atoms with E-state index in [4.69, 9.17) is 21.3 Å². The van der Waals surface area contributed by atoms with E-state index in [-0.39, 0.29) is 23.7 Å². The molecular formula is C24H25ClF3N5O2. The lowest BCUT2D eigenvalue weighted by atomic mass is 9.95. The van der Waals surface area contributed by atoms with Gasteiger partial charge < -0.3 is 15.0 Å². The fourth-order valence-corrected chi connectivity index (χ4v) is 4.80. The van der Waals surface area contributed by atoms with Crippen molar-refractivity contribution in [2.24, 2.45) is 5.92 Å². The molecule has 2 aliphatic heterocycles. The van der Waals surface area contributed by atoms with Gasteiger partial charge in [0, 0.05) is 30.6 Å². The molecule has 7 nitrogen and oxygen atoms in total. The number of fused-ring (bicyclic) bond motifs is 1. The molecule has 2 fully saturated rings. The predicted molar refractivity (Wildman–Crippen MR) is 126 cm³/mol. The summed E-state index contributed by atoms with van der Waals surface area (Å²) in [7, 11) is 0. The second-order valence-electron chi connectivity index (χ2n) is 9.05. The molecule has 3 aromatic rings. The number of piperidine rings is 1.